The number of nitrogens with zero attached hydrogens (tertiary/aromatic N) is 5. The van der Waals surface area contributed by atoms with Crippen molar-refractivity contribution in [1.82, 2.24) is 24.1 Å². The molecule has 0 saturated heterocycles. The molecular weight excluding hydrogens is 354 g/mol. The standard InChI is InChI=1S/C20H19N7O/c21-20-19-18(23-11-24-20)15-2-1-3-16(15)27(19)14-6-4-13(5-7-14)25-17(28)10-26-9-8-22-12-26/h4-9,11-12H,1-3,10H2,(H,25,28)(H2,21,23,24). The number of carbonyl (C=O) groups is 1. The summed E-state index contributed by atoms with van der Waals surface area (Å²) in [4.78, 5) is 24.8. The first-order chi connectivity index (χ1) is 13.7. The van der Waals surface area contributed by atoms with Crippen LogP contribution in [0.25, 0.3) is 16.7 Å². The number of amides is 1. The molecule has 3 heterocycles. The van der Waals surface area contributed by atoms with E-state index in [2.05, 4.69) is 24.8 Å². The number of aromatic nitrogens is 5. The Morgan fingerprint density at radius 1 is 1.18 bits per heavy atom. The lowest BCUT2D eigenvalue weighted by Crippen LogP contribution is -2.17. The molecule has 140 valence electrons. The maximum atomic E-state index is 12.2. The molecule has 1 amide bonds. The third kappa shape index (κ3) is 2.70. The van der Waals surface area contributed by atoms with Gasteiger partial charge in [0.15, 0.2) is 5.82 Å². The Balaban J connectivity index is 1.46. The fourth-order valence-corrected chi connectivity index (χ4v) is 3.92. The SMILES string of the molecule is Nc1ncnc2c3c(n(-c4ccc(NC(=O)Cn5ccnc5)cc4)c12)CCC3. The zero-order valence-corrected chi connectivity index (χ0v) is 15.2. The number of hydrogen-bond donors (Lipinski definition) is 2. The number of nitrogens with one attached hydrogen (secondary N) is 1. The minimum atomic E-state index is -0.101. The number of fused-ring (bicyclic) bond motifs is 3. The summed E-state index contributed by atoms with van der Waals surface area (Å²) in [6.45, 7) is 0.228. The average Bonchev–Trinajstić information content (AvgIpc) is 3.40. The second-order valence-electron chi connectivity index (χ2n) is 6.90. The number of imidazole rings is 1. The van der Waals surface area contributed by atoms with Crippen LogP contribution in [0, 0.1) is 0 Å². The molecule has 8 heteroatoms. The number of carbonyl (C=O) groups excluding carboxylic acids is 1. The maximum Gasteiger partial charge on any atom is 0.244 e. The van der Waals surface area contributed by atoms with Gasteiger partial charge >= 0.3 is 0 Å². The molecule has 0 bridgehead atoms. The zero-order valence-electron chi connectivity index (χ0n) is 15.2. The molecule has 3 aromatic heterocycles. The van der Waals surface area contributed by atoms with Crippen molar-refractivity contribution in [3.8, 4) is 5.69 Å². The highest BCUT2D eigenvalue weighted by atomic mass is 16.1. The second kappa shape index (κ2) is 6.49. The smallest absolute Gasteiger partial charge is 0.244 e. The Bertz CT molecular complexity index is 1160. The molecule has 0 aliphatic heterocycles. The molecule has 0 saturated carbocycles. The first kappa shape index (κ1) is 16.5. The van der Waals surface area contributed by atoms with Crippen molar-refractivity contribution in [2.75, 3.05) is 11.1 Å². The van der Waals surface area contributed by atoms with Crippen molar-refractivity contribution in [1.29, 1.82) is 0 Å². The third-order valence-corrected chi connectivity index (χ3v) is 5.11. The molecule has 1 aliphatic rings. The topological polar surface area (TPSA) is 104 Å². The first-order valence-corrected chi connectivity index (χ1v) is 9.19. The van der Waals surface area contributed by atoms with Crippen LogP contribution in [-0.2, 0) is 24.2 Å². The molecule has 4 aromatic rings. The van der Waals surface area contributed by atoms with Crippen LogP contribution >= 0.6 is 0 Å². The summed E-state index contributed by atoms with van der Waals surface area (Å²) >= 11 is 0. The van der Waals surface area contributed by atoms with E-state index in [4.69, 9.17) is 5.73 Å². The van der Waals surface area contributed by atoms with E-state index in [1.165, 1.54) is 17.6 Å². The van der Waals surface area contributed by atoms with E-state index in [1.807, 2.05) is 24.3 Å². The monoisotopic (exact) mass is 373 g/mol. The van der Waals surface area contributed by atoms with Crippen LogP contribution in [0.1, 0.15) is 17.7 Å². The number of anilines is 2. The van der Waals surface area contributed by atoms with Gasteiger partial charge in [0.2, 0.25) is 5.91 Å². The lowest BCUT2D eigenvalue weighted by molar-refractivity contribution is -0.116. The van der Waals surface area contributed by atoms with E-state index < -0.39 is 0 Å². The first-order valence-electron chi connectivity index (χ1n) is 9.19. The van der Waals surface area contributed by atoms with Gasteiger partial charge in [-0.1, -0.05) is 0 Å². The van der Waals surface area contributed by atoms with E-state index in [-0.39, 0.29) is 12.5 Å². The molecule has 0 spiro atoms. The van der Waals surface area contributed by atoms with Gasteiger partial charge in [-0.25, -0.2) is 15.0 Å². The number of benzene rings is 1. The van der Waals surface area contributed by atoms with Gasteiger partial charge in [-0.3, -0.25) is 4.79 Å². The molecular formula is C20H19N7O. The molecule has 0 unspecified atom stereocenters. The fourth-order valence-electron chi connectivity index (χ4n) is 3.92. The lowest BCUT2D eigenvalue weighted by Gasteiger charge is -2.12. The number of nitrogen functional groups attached to an aromatic ring is 1. The second-order valence-corrected chi connectivity index (χ2v) is 6.90. The van der Waals surface area contributed by atoms with E-state index in [1.54, 1.807) is 23.3 Å². The number of hydrogen-bond acceptors (Lipinski definition) is 5. The summed E-state index contributed by atoms with van der Waals surface area (Å²) in [7, 11) is 0. The van der Waals surface area contributed by atoms with Crippen molar-refractivity contribution in [2.45, 2.75) is 25.8 Å². The average molecular weight is 373 g/mol. The highest BCUT2D eigenvalue weighted by Gasteiger charge is 2.25. The Labute approximate surface area is 161 Å². The van der Waals surface area contributed by atoms with Crippen LogP contribution in [0.4, 0.5) is 11.5 Å². The minimum absolute atomic E-state index is 0.101. The van der Waals surface area contributed by atoms with Crippen LogP contribution in [0.15, 0.2) is 49.3 Å². The number of rotatable bonds is 4. The van der Waals surface area contributed by atoms with Crippen LogP contribution in [-0.4, -0.2) is 30.0 Å². The Hall–Kier alpha value is -3.68. The molecule has 5 rings (SSSR count). The Morgan fingerprint density at radius 2 is 2.04 bits per heavy atom. The normalized spacial score (nSPS) is 13.0. The van der Waals surface area contributed by atoms with Gasteiger partial charge < -0.3 is 20.2 Å². The predicted octanol–water partition coefficient (Wildman–Crippen LogP) is 2.33. The maximum absolute atomic E-state index is 12.2. The van der Waals surface area contributed by atoms with E-state index in [9.17, 15) is 4.79 Å². The van der Waals surface area contributed by atoms with E-state index in [0.717, 1.165) is 41.7 Å². The molecule has 1 aromatic carbocycles. The van der Waals surface area contributed by atoms with Gasteiger partial charge in [0.05, 0.1) is 11.8 Å². The Kier molecular flexibility index (Phi) is 3.82. The predicted molar refractivity (Wildman–Crippen MR) is 106 cm³/mol. The summed E-state index contributed by atoms with van der Waals surface area (Å²) in [5.41, 5.74) is 12.2. The van der Waals surface area contributed by atoms with E-state index >= 15 is 0 Å². The van der Waals surface area contributed by atoms with Crippen LogP contribution < -0.4 is 11.1 Å². The fraction of sp³-hybridized carbons (Fsp3) is 0.200. The molecule has 0 radical (unpaired) electrons. The van der Waals surface area contributed by atoms with Gasteiger partial charge in [-0.2, -0.15) is 0 Å². The lowest BCUT2D eigenvalue weighted by atomic mass is 10.2. The summed E-state index contributed by atoms with van der Waals surface area (Å²) in [5.74, 6) is 0.382. The van der Waals surface area contributed by atoms with Crippen LogP contribution in [0.5, 0.6) is 0 Å². The molecule has 3 N–H and O–H groups in total. The van der Waals surface area contributed by atoms with Crippen molar-refractivity contribution in [3.05, 3.63) is 60.6 Å². The van der Waals surface area contributed by atoms with E-state index in [0.29, 0.717) is 5.82 Å². The zero-order chi connectivity index (χ0) is 19.1. The summed E-state index contributed by atoms with van der Waals surface area (Å²) in [6, 6.07) is 7.76. The molecule has 1 aliphatic carbocycles. The summed E-state index contributed by atoms with van der Waals surface area (Å²) in [6.07, 6.45) is 9.68. The number of aryl methyl sites for hydroxylation is 1. The summed E-state index contributed by atoms with van der Waals surface area (Å²) < 4.78 is 3.88. The molecule has 0 fully saturated rings. The van der Waals surface area contributed by atoms with Crippen molar-refractivity contribution in [2.24, 2.45) is 0 Å². The van der Waals surface area contributed by atoms with Gasteiger partial charge in [-0.05, 0) is 49.1 Å². The quantitative estimate of drug-likeness (QED) is 0.571. The molecule has 8 nitrogen and oxygen atoms in total. The van der Waals surface area contributed by atoms with Crippen molar-refractivity contribution >= 4 is 28.4 Å². The highest BCUT2D eigenvalue weighted by molar-refractivity contribution is 5.92. The highest BCUT2D eigenvalue weighted by Crippen LogP contribution is 2.36. The third-order valence-electron chi connectivity index (χ3n) is 5.11. The van der Waals surface area contributed by atoms with Crippen LogP contribution in [0.3, 0.4) is 0 Å². The van der Waals surface area contributed by atoms with Crippen LogP contribution in [0.2, 0.25) is 0 Å². The van der Waals surface area contributed by atoms with Gasteiger partial charge in [0, 0.05) is 29.5 Å². The van der Waals surface area contributed by atoms with Crippen molar-refractivity contribution < 1.29 is 4.79 Å². The van der Waals surface area contributed by atoms with Crippen molar-refractivity contribution in [3.63, 3.8) is 0 Å². The number of nitrogens with two attached hydrogens (primary N) is 1. The largest absolute Gasteiger partial charge is 0.382 e. The Morgan fingerprint density at radius 3 is 2.82 bits per heavy atom. The molecule has 28 heavy (non-hydrogen) atoms. The summed E-state index contributed by atoms with van der Waals surface area (Å²) in [5, 5.41) is 2.91. The minimum Gasteiger partial charge on any atom is -0.382 e. The van der Waals surface area contributed by atoms with Gasteiger partial charge in [0.25, 0.3) is 0 Å². The molecule has 0 atom stereocenters. The van der Waals surface area contributed by atoms with Gasteiger partial charge in [0.1, 0.15) is 18.4 Å². The van der Waals surface area contributed by atoms with Gasteiger partial charge in [-0.15, -0.1) is 0 Å².